The molecule has 8 nitrogen and oxygen atoms in total. The van der Waals surface area contributed by atoms with Gasteiger partial charge in [0.1, 0.15) is 5.82 Å². The Balaban J connectivity index is 1.77. The number of hydrogen-bond donors (Lipinski definition) is 2. The molecule has 0 atom stereocenters. The van der Waals surface area contributed by atoms with Gasteiger partial charge in [0, 0.05) is 31.4 Å². The predicted molar refractivity (Wildman–Crippen MR) is 121 cm³/mol. The second-order valence-corrected chi connectivity index (χ2v) is 10.0. The van der Waals surface area contributed by atoms with Crippen molar-refractivity contribution in [3.05, 3.63) is 40.8 Å². The van der Waals surface area contributed by atoms with Gasteiger partial charge in [0.25, 0.3) is 10.0 Å². The van der Waals surface area contributed by atoms with Gasteiger partial charge in [-0.25, -0.2) is 13.9 Å². The summed E-state index contributed by atoms with van der Waals surface area (Å²) in [6.45, 7) is 4.49. The number of sulfonamides is 1. The number of rotatable bonds is 10. The van der Waals surface area contributed by atoms with Crippen LogP contribution in [0.2, 0.25) is 0 Å². The van der Waals surface area contributed by atoms with Crippen molar-refractivity contribution in [2.45, 2.75) is 70.0 Å². The molecule has 0 bridgehead atoms. The lowest BCUT2D eigenvalue weighted by molar-refractivity contribution is 0.256. The van der Waals surface area contributed by atoms with Gasteiger partial charge in [0.05, 0.1) is 5.69 Å². The van der Waals surface area contributed by atoms with Crippen LogP contribution in [0, 0.1) is 5.82 Å². The lowest BCUT2D eigenvalue weighted by Gasteiger charge is -2.16. The number of carbonyl (C=O) groups is 1. The van der Waals surface area contributed by atoms with Gasteiger partial charge in [0.15, 0.2) is 5.03 Å². The largest absolute Gasteiger partial charge is 0.333 e. The molecule has 3 rings (SSSR count). The Kier molecular flexibility index (Phi) is 7.55. The van der Waals surface area contributed by atoms with E-state index in [1.54, 1.807) is 7.05 Å². The number of urea groups is 1. The van der Waals surface area contributed by atoms with E-state index in [1.807, 2.05) is 25.6 Å². The van der Waals surface area contributed by atoms with E-state index in [9.17, 15) is 17.6 Å². The van der Waals surface area contributed by atoms with Crippen molar-refractivity contribution in [3.63, 3.8) is 0 Å². The standard InChI is InChI=1S/C22H32FN5O3S/c1-5-7-15-11-17(23)12-16(8-6-2)21(15)24-22(29)26-32(30,31)20-13-19(28(4)25-20)14-27(3)18-9-10-18/h11-13,18H,5-10,14H2,1-4H3,(H2,24,26,29). The number of anilines is 1. The second-order valence-electron chi connectivity index (χ2n) is 8.40. The van der Waals surface area contributed by atoms with E-state index in [1.165, 1.54) is 22.9 Å². The van der Waals surface area contributed by atoms with E-state index >= 15 is 0 Å². The molecule has 2 aromatic rings. The van der Waals surface area contributed by atoms with Crippen molar-refractivity contribution >= 4 is 21.7 Å². The van der Waals surface area contributed by atoms with E-state index in [2.05, 4.69) is 15.3 Å². The quantitative estimate of drug-likeness (QED) is 0.559. The fraction of sp³-hybridized carbons (Fsp3) is 0.545. The highest BCUT2D eigenvalue weighted by Gasteiger charge is 2.28. The summed E-state index contributed by atoms with van der Waals surface area (Å²) >= 11 is 0. The fourth-order valence-electron chi connectivity index (χ4n) is 3.79. The zero-order valence-corrected chi connectivity index (χ0v) is 19.9. The molecule has 0 radical (unpaired) electrons. The van der Waals surface area contributed by atoms with Gasteiger partial charge in [-0.1, -0.05) is 26.7 Å². The molecule has 1 aromatic heterocycles. The van der Waals surface area contributed by atoms with Gasteiger partial charge in [-0.2, -0.15) is 13.5 Å². The molecular formula is C22H32FN5O3S. The van der Waals surface area contributed by atoms with Crippen LogP contribution in [0.3, 0.4) is 0 Å². The van der Waals surface area contributed by atoms with Crippen LogP contribution < -0.4 is 10.0 Å². The Bertz CT molecular complexity index is 1050. The summed E-state index contributed by atoms with van der Waals surface area (Å²) in [7, 11) is -0.489. The molecule has 2 amide bonds. The fourth-order valence-corrected chi connectivity index (χ4v) is 4.71. The van der Waals surface area contributed by atoms with Crippen LogP contribution >= 0.6 is 0 Å². The summed E-state index contributed by atoms with van der Waals surface area (Å²) < 4.78 is 43.2. The van der Waals surface area contributed by atoms with Gasteiger partial charge in [-0.05, 0) is 56.0 Å². The number of benzene rings is 1. The lowest BCUT2D eigenvalue weighted by Crippen LogP contribution is -2.35. The normalized spacial score (nSPS) is 14.1. The molecule has 32 heavy (non-hydrogen) atoms. The number of aromatic nitrogens is 2. The minimum Gasteiger partial charge on any atom is -0.307 e. The predicted octanol–water partition coefficient (Wildman–Crippen LogP) is 3.57. The van der Waals surface area contributed by atoms with Gasteiger partial charge >= 0.3 is 6.03 Å². The molecule has 1 aliphatic carbocycles. The third kappa shape index (κ3) is 5.86. The minimum atomic E-state index is -4.17. The summed E-state index contributed by atoms with van der Waals surface area (Å²) in [5.41, 5.74) is 2.50. The van der Waals surface area contributed by atoms with Crippen molar-refractivity contribution in [2.24, 2.45) is 7.05 Å². The molecule has 0 spiro atoms. The van der Waals surface area contributed by atoms with E-state index < -0.39 is 16.1 Å². The molecule has 1 aliphatic rings. The number of nitrogens with zero attached hydrogens (tertiary/aromatic N) is 3. The Labute approximate surface area is 189 Å². The Hall–Kier alpha value is -2.46. The van der Waals surface area contributed by atoms with E-state index in [-0.39, 0.29) is 10.8 Å². The maximum atomic E-state index is 14.0. The number of aryl methyl sites for hydroxylation is 3. The monoisotopic (exact) mass is 465 g/mol. The molecule has 0 unspecified atom stereocenters. The number of nitrogens with one attached hydrogen (secondary N) is 2. The molecule has 0 saturated heterocycles. The third-order valence-electron chi connectivity index (χ3n) is 5.58. The lowest BCUT2D eigenvalue weighted by atomic mass is 10.00. The Morgan fingerprint density at radius 3 is 2.31 bits per heavy atom. The highest BCUT2D eigenvalue weighted by Crippen LogP contribution is 2.27. The molecule has 1 heterocycles. The number of hydrogen-bond acceptors (Lipinski definition) is 5. The maximum absolute atomic E-state index is 14.0. The van der Waals surface area contributed by atoms with Gasteiger partial charge in [-0.15, -0.1) is 0 Å². The van der Waals surface area contributed by atoms with Crippen molar-refractivity contribution in [1.82, 2.24) is 19.4 Å². The summed E-state index contributed by atoms with van der Waals surface area (Å²) in [5.74, 6) is -0.368. The topological polar surface area (TPSA) is 96.3 Å². The van der Waals surface area contributed by atoms with Crippen molar-refractivity contribution in [1.29, 1.82) is 0 Å². The van der Waals surface area contributed by atoms with Crippen molar-refractivity contribution in [3.8, 4) is 0 Å². The van der Waals surface area contributed by atoms with Crippen LogP contribution in [-0.2, 0) is 36.5 Å². The van der Waals surface area contributed by atoms with Crippen LogP contribution in [0.25, 0.3) is 0 Å². The number of carbonyl (C=O) groups excluding carboxylic acids is 1. The van der Waals surface area contributed by atoms with E-state index in [0.717, 1.165) is 31.4 Å². The first-order chi connectivity index (χ1) is 15.1. The zero-order valence-electron chi connectivity index (χ0n) is 19.1. The van der Waals surface area contributed by atoms with Crippen LogP contribution in [-0.4, -0.2) is 42.2 Å². The number of amides is 2. The van der Waals surface area contributed by atoms with Gasteiger partial charge < -0.3 is 5.32 Å². The van der Waals surface area contributed by atoms with E-state index in [0.29, 0.717) is 42.2 Å². The highest BCUT2D eigenvalue weighted by molar-refractivity contribution is 7.90. The van der Waals surface area contributed by atoms with Crippen LogP contribution in [0.5, 0.6) is 0 Å². The summed E-state index contributed by atoms with van der Waals surface area (Å²) in [4.78, 5) is 14.8. The SMILES string of the molecule is CCCc1cc(F)cc(CCC)c1NC(=O)NS(=O)(=O)c1cc(CN(C)C2CC2)n(C)n1. The third-order valence-corrected chi connectivity index (χ3v) is 6.79. The second kappa shape index (κ2) is 9.99. The average Bonchev–Trinajstić information content (AvgIpc) is 3.49. The first-order valence-corrected chi connectivity index (χ1v) is 12.5. The molecule has 1 aromatic carbocycles. The summed E-state index contributed by atoms with van der Waals surface area (Å²) in [6, 6.07) is 3.88. The molecule has 2 N–H and O–H groups in total. The molecule has 176 valence electrons. The Morgan fingerprint density at radius 2 is 1.78 bits per heavy atom. The van der Waals surface area contributed by atoms with Crippen LogP contribution in [0.15, 0.2) is 23.2 Å². The smallest absolute Gasteiger partial charge is 0.307 e. The summed E-state index contributed by atoms with van der Waals surface area (Å²) in [5, 5.41) is 6.52. The maximum Gasteiger partial charge on any atom is 0.333 e. The first-order valence-electron chi connectivity index (χ1n) is 11.0. The van der Waals surface area contributed by atoms with Gasteiger partial charge in [-0.3, -0.25) is 9.58 Å². The zero-order chi connectivity index (χ0) is 23.5. The van der Waals surface area contributed by atoms with Crippen LogP contribution in [0.1, 0.15) is 56.4 Å². The molecule has 1 fully saturated rings. The van der Waals surface area contributed by atoms with Crippen LogP contribution in [0.4, 0.5) is 14.9 Å². The highest BCUT2D eigenvalue weighted by atomic mass is 32.2. The molecule has 0 aliphatic heterocycles. The van der Waals surface area contributed by atoms with Gasteiger partial charge in [0.2, 0.25) is 0 Å². The van der Waals surface area contributed by atoms with Crippen molar-refractivity contribution in [2.75, 3.05) is 12.4 Å². The minimum absolute atomic E-state index is 0.212. The molecule has 1 saturated carbocycles. The summed E-state index contributed by atoms with van der Waals surface area (Å²) in [6.07, 6.45) is 4.94. The van der Waals surface area contributed by atoms with E-state index in [4.69, 9.17) is 0 Å². The molecule has 10 heteroatoms. The average molecular weight is 466 g/mol. The molecular weight excluding hydrogens is 433 g/mol. The number of halogens is 1. The first kappa shape index (κ1) is 24.2. The van der Waals surface area contributed by atoms with Crippen molar-refractivity contribution < 1.29 is 17.6 Å². The Morgan fingerprint density at radius 1 is 1.19 bits per heavy atom.